The van der Waals surface area contributed by atoms with Gasteiger partial charge in [-0.05, 0) is 36.2 Å². The van der Waals surface area contributed by atoms with Gasteiger partial charge in [0.1, 0.15) is 5.82 Å². The van der Waals surface area contributed by atoms with Gasteiger partial charge in [0, 0.05) is 26.2 Å². The molecule has 3 aromatic rings. The second kappa shape index (κ2) is 7.80. The topological polar surface area (TPSA) is 54.3 Å². The van der Waals surface area contributed by atoms with Crippen LogP contribution in [-0.4, -0.2) is 52.0 Å². The van der Waals surface area contributed by atoms with Gasteiger partial charge in [-0.15, -0.1) is 5.10 Å². The lowest BCUT2D eigenvalue weighted by Gasteiger charge is -2.35. The molecular formula is C21H22FN5O. The zero-order chi connectivity index (χ0) is 19.5. The average molecular weight is 379 g/mol. The number of rotatable bonds is 4. The molecule has 0 spiro atoms. The summed E-state index contributed by atoms with van der Waals surface area (Å²) in [6.07, 6.45) is 2.63. The van der Waals surface area contributed by atoms with E-state index in [-0.39, 0.29) is 11.7 Å². The number of para-hydroxylation sites is 1. The molecule has 0 aliphatic carbocycles. The highest BCUT2D eigenvalue weighted by Crippen LogP contribution is 2.20. The van der Waals surface area contributed by atoms with Gasteiger partial charge < -0.3 is 9.80 Å². The van der Waals surface area contributed by atoms with Crippen LogP contribution in [0.2, 0.25) is 0 Å². The predicted octanol–water partition coefficient (Wildman–Crippen LogP) is 2.93. The monoisotopic (exact) mass is 379 g/mol. The number of piperazine rings is 1. The zero-order valence-corrected chi connectivity index (χ0v) is 15.8. The lowest BCUT2D eigenvalue weighted by atomic mass is 10.1. The van der Waals surface area contributed by atoms with Crippen molar-refractivity contribution in [3.05, 3.63) is 71.8 Å². The molecule has 7 heteroatoms. The van der Waals surface area contributed by atoms with Gasteiger partial charge >= 0.3 is 0 Å². The third-order valence-corrected chi connectivity index (χ3v) is 5.08. The lowest BCUT2D eigenvalue weighted by molar-refractivity contribution is 0.0740. The maximum absolute atomic E-state index is 14.0. The number of anilines is 1. The molecule has 28 heavy (non-hydrogen) atoms. The van der Waals surface area contributed by atoms with Crippen molar-refractivity contribution in [3.8, 4) is 5.69 Å². The molecule has 1 fully saturated rings. The van der Waals surface area contributed by atoms with Crippen molar-refractivity contribution in [2.75, 3.05) is 31.1 Å². The third-order valence-electron chi connectivity index (χ3n) is 5.08. The van der Waals surface area contributed by atoms with E-state index in [0.29, 0.717) is 37.6 Å². The normalized spacial score (nSPS) is 14.4. The number of hydrogen-bond donors (Lipinski definition) is 0. The summed E-state index contributed by atoms with van der Waals surface area (Å²) in [7, 11) is 0. The maximum atomic E-state index is 14.0. The fourth-order valence-corrected chi connectivity index (χ4v) is 3.39. The van der Waals surface area contributed by atoms with Crippen molar-refractivity contribution in [3.63, 3.8) is 0 Å². The van der Waals surface area contributed by atoms with Gasteiger partial charge in [0.2, 0.25) is 0 Å². The second-order valence-electron chi connectivity index (χ2n) is 6.80. The Hall–Kier alpha value is -3.22. The molecule has 0 bridgehead atoms. The quantitative estimate of drug-likeness (QED) is 0.699. The first-order chi connectivity index (χ1) is 13.7. The van der Waals surface area contributed by atoms with E-state index in [4.69, 9.17) is 0 Å². The molecule has 4 rings (SSSR count). The molecule has 2 heterocycles. The summed E-state index contributed by atoms with van der Waals surface area (Å²) in [5.74, 6) is -0.385. The molecule has 1 saturated heterocycles. The summed E-state index contributed by atoms with van der Waals surface area (Å²) < 4.78 is 15.6. The number of halogens is 1. The van der Waals surface area contributed by atoms with Crippen LogP contribution in [0.5, 0.6) is 0 Å². The highest BCUT2D eigenvalue weighted by molar-refractivity contribution is 5.92. The SMILES string of the molecule is CCc1ccc(-n2cc(C(=O)N3CCN(c4ccccc4F)CC3)nn2)cc1. The van der Waals surface area contributed by atoms with Crippen LogP contribution in [0.25, 0.3) is 5.69 Å². The Morgan fingerprint density at radius 1 is 1.04 bits per heavy atom. The Balaban J connectivity index is 1.42. The first kappa shape index (κ1) is 18.2. The highest BCUT2D eigenvalue weighted by atomic mass is 19.1. The summed E-state index contributed by atoms with van der Waals surface area (Å²) in [4.78, 5) is 16.5. The van der Waals surface area contributed by atoms with Gasteiger partial charge in [-0.2, -0.15) is 0 Å². The molecule has 1 aromatic heterocycles. The number of benzene rings is 2. The molecule has 0 atom stereocenters. The smallest absolute Gasteiger partial charge is 0.276 e. The first-order valence-corrected chi connectivity index (χ1v) is 9.46. The molecule has 0 N–H and O–H groups in total. The predicted molar refractivity (Wildman–Crippen MR) is 105 cm³/mol. The Morgan fingerprint density at radius 3 is 2.43 bits per heavy atom. The van der Waals surface area contributed by atoms with Crippen LogP contribution in [-0.2, 0) is 6.42 Å². The third kappa shape index (κ3) is 3.60. The summed E-state index contributed by atoms with van der Waals surface area (Å²) in [6.45, 7) is 4.31. The van der Waals surface area contributed by atoms with Crippen molar-refractivity contribution in [2.24, 2.45) is 0 Å². The molecule has 6 nitrogen and oxygen atoms in total. The molecular weight excluding hydrogens is 357 g/mol. The molecule has 1 amide bonds. The Bertz CT molecular complexity index is 961. The van der Waals surface area contributed by atoms with E-state index in [1.807, 2.05) is 35.2 Å². The summed E-state index contributed by atoms with van der Waals surface area (Å²) in [6, 6.07) is 14.7. The van der Waals surface area contributed by atoms with Crippen LogP contribution in [0.1, 0.15) is 23.0 Å². The van der Waals surface area contributed by atoms with Crippen LogP contribution in [0.4, 0.5) is 10.1 Å². The molecule has 0 unspecified atom stereocenters. The van der Waals surface area contributed by atoms with Crippen LogP contribution in [0.3, 0.4) is 0 Å². The molecule has 2 aromatic carbocycles. The van der Waals surface area contributed by atoms with E-state index in [1.54, 1.807) is 27.9 Å². The number of hydrogen-bond acceptors (Lipinski definition) is 4. The number of aromatic nitrogens is 3. The fraction of sp³-hybridized carbons (Fsp3) is 0.286. The second-order valence-corrected chi connectivity index (χ2v) is 6.80. The van der Waals surface area contributed by atoms with E-state index in [9.17, 15) is 9.18 Å². The van der Waals surface area contributed by atoms with Crippen molar-refractivity contribution in [1.82, 2.24) is 19.9 Å². The van der Waals surface area contributed by atoms with Crippen molar-refractivity contribution >= 4 is 11.6 Å². The largest absolute Gasteiger partial charge is 0.366 e. The minimum absolute atomic E-state index is 0.149. The fourth-order valence-electron chi connectivity index (χ4n) is 3.39. The highest BCUT2D eigenvalue weighted by Gasteiger charge is 2.25. The number of carbonyl (C=O) groups is 1. The van der Waals surface area contributed by atoms with E-state index in [2.05, 4.69) is 17.2 Å². The molecule has 0 radical (unpaired) electrons. The molecule has 1 aliphatic heterocycles. The summed E-state index contributed by atoms with van der Waals surface area (Å²) in [5.41, 5.74) is 3.01. The van der Waals surface area contributed by atoms with Gasteiger partial charge in [0.15, 0.2) is 5.69 Å². The van der Waals surface area contributed by atoms with Crippen LogP contribution < -0.4 is 4.90 Å². The van der Waals surface area contributed by atoms with E-state index < -0.39 is 0 Å². The minimum atomic E-state index is -0.237. The Labute approximate surface area is 163 Å². The van der Waals surface area contributed by atoms with Gasteiger partial charge in [-0.1, -0.05) is 36.4 Å². The van der Waals surface area contributed by atoms with Crippen LogP contribution in [0.15, 0.2) is 54.7 Å². The van der Waals surface area contributed by atoms with Gasteiger partial charge in [0.05, 0.1) is 17.6 Å². The van der Waals surface area contributed by atoms with Crippen LogP contribution >= 0.6 is 0 Å². The van der Waals surface area contributed by atoms with Gasteiger partial charge in [0.25, 0.3) is 5.91 Å². The Morgan fingerprint density at radius 2 is 1.75 bits per heavy atom. The summed E-state index contributed by atoms with van der Waals surface area (Å²) in [5, 5.41) is 8.14. The average Bonchev–Trinajstić information content (AvgIpc) is 3.24. The number of nitrogens with zero attached hydrogens (tertiary/aromatic N) is 5. The van der Waals surface area contributed by atoms with Crippen LogP contribution in [0, 0.1) is 5.82 Å². The number of amides is 1. The van der Waals surface area contributed by atoms with Gasteiger partial charge in [-0.3, -0.25) is 4.79 Å². The number of carbonyl (C=O) groups excluding carboxylic acids is 1. The maximum Gasteiger partial charge on any atom is 0.276 e. The van der Waals surface area contributed by atoms with Crippen molar-refractivity contribution in [1.29, 1.82) is 0 Å². The van der Waals surface area contributed by atoms with E-state index >= 15 is 0 Å². The van der Waals surface area contributed by atoms with E-state index in [0.717, 1.165) is 12.1 Å². The van der Waals surface area contributed by atoms with Crippen molar-refractivity contribution in [2.45, 2.75) is 13.3 Å². The molecule has 144 valence electrons. The first-order valence-electron chi connectivity index (χ1n) is 9.46. The standard InChI is InChI=1S/C21H22FN5O/c1-2-16-7-9-17(10-8-16)27-15-19(23-24-27)21(28)26-13-11-25(12-14-26)20-6-4-3-5-18(20)22/h3-10,15H,2,11-14H2,1H3. The Kier molecular flexibility index (Phi) is 5.06. The molecule has 0 saturated carbocycles. The lowest BCUT2D eigenvalue weighted by Crippen LogP contribution is -2.49. The summed E-state index contributed by atoms with van der Waals surface area (Å²) >= 11 is 0. The number of aryl methyl sites for hydroxylation is 1. The minimum Gasteiger partial charge on any atom is -0.366 e. The van der Waals surface area contributed by atoms with Gasteiger partial charge in [-0.25, -0.2) is 9.07 Å². The molecule has 1 aliphatic rings. The van der Waals surface area contributed by atoms with Crippen molar-refractivity contribution < 1.29 is 9.18 Å². The zero-order valence-electron chi connectivity index (χ0n) is 15.8. The van der Waals surface area contributed by atoms with E-state index in [1.165, 1.54) is 11.6 Å².